The second kappa shape index (κ2) is 24.8. The van der Waals surface area contributed by atoms with E-state index in [1.54, 1.807) is 27.4 Å². The molecule has 0 radical (unpaired) electrons. The first-order chi connectivity index (χ1) is 21.9. The van der Waals surface area contributed by atoms with Gasteiger partial charge in [0, 0.05) is 82.9 Å². The standard InChI is InChI=1S/C9H17F3O4Si.C8H13F3O3Si.C6H14O3Si.C3H6O.CH4O/c1-8(13,9(10,11)12)6-5-7-17(14-2,15-3)16-4;1-7(8(9,10)11)5-4-6-15(12-2,13-3)14-7;1-5-6-10(7-2,8-3)9-4;1-3(2)4;1-2/h5,7,13H,6H2,1-4H3;4,6H,5H2,1-3H3;5H,1,6H2,2-4H3;1-2H3;2H,1H3/b7-5-;;;;. The Hall–Kier alpha value is -1.32. The highest BCUT2D eigenvalue weighted by Crippen LogP contribution is 2.41. The number of carbonyl (C=O) groups is 1. The average molecular weight is 769 g/mol. The van der Waals surface area contributed by atoms with Crippen molar-refractivity contribution in [1.82, 2.24) is 0 Å². The summed E-state index contributed by atoms with van der Waals surface area (Å²) in [6, 6.07) is 0.649. The van der Waals surface area contributed by atoms with Gasteiger partial charge in [0.05, 0.1) is 0 Å². The number of hydrogen-bond donors (Lipinski definition) is 2. The van der Waals surface area contributed by atoms with E-state index >= 15 is 0 Å². The van der Waals surface area contributed by atoms with Gasteiger partial charge in [-0.2, -0.15) is 26.3 Å². The minimum atomic E-state index is -4.69. The monoisotopic (exact) mass is 768 g/mol. The molecule has 0 aliphatic carbocycles. The van der Waals surface area contributed by atoms with Gasteiger partial charge in [-0.25, -0.2) is 0 Å². The Labute approximate surface area is 283 Å². The average Bonchev–Trinajstić information content (AvgIpc) is 3.02. The van der Waals surface area contributed by atoms with Crippen LogP contribution >= 0.6 is 0 Å². The summed E-state index contributed by atoms with van der Waals surface area (Å²) >= 11 is 0. The van der Waals surface area contributed by atoms with Crippen LogP contribution in [0.25, 0.3) is 0 Å². The van der Waals surface area contributed by atoms with Crippen LogP contribution in [0.4, 0.5) is 26.3 Å². The molecule has 0 aromatic heterocycles. The predicted molar refractivity (Wildman–Crippen MR) is 173 cm³/mol. The number of aliphatic hydroxyl groups is 2. The van der Waals surface area contributed by atoms with Crippen molar-refractivity contribution in [1.29, 1.82) is 0 Å². The minimum absolute atomic E-state index is 0.167. The topological polar surface area (TPSA) is 141 Å². The molecule has 2 unspecified atom stereocenters. The highest BCUT2D eigenvalue weighted by Gasteiger charge is 2.59. The van der Waals surface area contributed by atoms with Gasteiger partial charge in [0.2, 0.25) is 0 Å². The summed E-state index contributed by atoms with van der Waals surface area (Å²) in [7, 11) is 3.69. The van der Waals surface area contributed by atoms with Gasteiger partial charge in [-0.3, -0.25) is 0 Å². The van der Waals surface area contributed by atoms with Crippen LogP contribution in [-0.2, 0) is 44.6 Å². The lowest BCUT2D eigenvalue weighted by atomic mass is 10.0. The number of aliphatic hydroxyl groups excluding tert-OH is 1. The third kappa shape index (κ3) is 19.2. The normalized spacial score (nSPS) is 18.8. The lowest BCUT2D eigenvalue weighted by Crippen LogP contribution is -2.57. The maximum absolute atomic E-state index is 12.7. The molecule has 0 saturated carbocycles. The molecule has 1 aliphatic rings. The van der Waals surface area contributed by atoms with Crippen molar-refractivity contribution >= 4 is 32.2 Å². The van der Waals surface area contributed by atoms with Crippen LogP contribution in [-0.4, -0.2) is 130 Å². The van der Waals surface area contributed by atoms with Crippen molar-refractivity contribution in [3.8, 4) is 0 Å². The number of halogens is 6. The van der Waals surface area contributed by atoms with Crippen molar-refractivity contribution in [2.75, 3.05) is 64.0 Å². The molecule has 288 valence electrons. The molecular formula is C27H54F6O12Si3. The number of alkyl halides is 6. The number of ketones is 1. The van der Waals surface area contributed by atoms with E-state index in [0.29, 0.717) is 13.0 Å². The molecule has 21 heteroatoms. The fourth-order valence-electron chi connectivity index (χ4n) is 2.97. The van der Waals surface area contributed by atoms with Gasteiger partial charge >= 0.3 is 38.8 Å². The summed E-state index contributed by atoms with van der Waals surface area (Å²) in [6.07, 6.45) is -5.66. The summed E-state index contributed by atoms with van der Waals surface area (Å²) in [5, 5.41) is 16.2. The van der Waals surface area contributed by atoms with Crippen LogP contribution in [0.1, 0.15) is 40.5 Å². The third-order valence-corrected chi connectivity index (χ3v) is 13.5. The zero-order valence-corrected chi connectivity index (χ0v) is 33.0. The molecule has 2 N–H and O–H groups in total. The summed E-state index contributed by atoms with van der Waals surface area (Å²) in [6.45, 7) is 8.34. The Morgan fingerprint density at radius 3 is 1.56 bits per heavy atom. The number of allylic oxidation sites excluding steroid dienone is 1. The molecule has 0 spiro atoms. The maximum atomic E-state index is 12.7. The van der Waals surface area contributed by atoms with Gasteiger partial charge in [0.25, 0.3) is 0 Å². The zero-order chi connectivity index (χ0) is 39.1. The summed E-state index contributed by atoms with van der Waals surface area (Å²) < 4.78 is 120. The van der Waals surface area contributed by atoms with Gasteiger partial charge in [0.1, 0.15) is 5.78 Å². The van der Waals surface area contributed by atoms with Crippen LogP contribution in [0, 0.1) is 0 Å². The van der Waals surface area contributed by atoms with Crippen LogP contribution < -0.4 is 0 Å². The van der Waals surface area contributed by atoms with E-state index in [4.69, 9.17) is 44.9 Å². The number of rotatable bonds is 13. The van der Waals surface area contributed by atoms with Crippen molar-refractivity contribution in [3.05, 3.63) is 36.2 Å². The molecule has 48 heavy (non-hydrogen) atoms. The largest absolute Gasteiger partial charge is 0.529 e. The van der Waals surface area contributed by atoms with Gasteiger partial charge in [0.15, 0.2) is 11.2 Å². The summed E-state index contributed by atoms with van der Waals surface area (Å²) in [4.78, 5) is 9.44. The lowest BCUT2D eigenvalue weighted by Gasteiger charge is -2.40. The Bertz CT molecular complexity index is 905. The van der Waals surface area contributed by atoms with Gasteiger partial charge in [-0.1, -0.05) is 18.2 Å². The first-order valence-corrected chi connectivity index (χ1v) is 19.3. The molecule has 1 aliphatic heterocycles. The van der Waals surface area contributed by atoms with E-state index in [1.807, 2.05) is 0 Å². The van der Waals surface area contributed by atoms with Gasteiger partial charge < -0.3 is 54.8 Å². The molecular weight excluding hydrogens is 715 g/mol. The predicted octanol–water partition coefficient (Wildman–Crippen LogP) is 4.97. The van der Waals surface area contributed by atoms with Crippen molar-refractivity contribution in [2.45, 2.75) is 70.1 Å². The molecule has 0 bridgehead atoms. The van der Waals surface area contributed by atoms with E-state index in [-0.39, 0.29) is 12.2 Å². The summed E-state index contributed by atoms with van der Waals surface area (Å²) in [5.74, 6) is 0.167. The van der Waals surface area contributed by atoms with Crippen LogP contribution in [0.2, 0.25) is 6.04 Å². The summed E-state index contributed by atoms with van der Waals surface area (Å²) in [5.41, 5.74) is -2.24. The Morgan fingerprint density at radius 2 is 1.31 bits per heavy atom. The minimum Gasteiger partial charge on any atom is -0.400 e. The zero-order valence-electron chi connectivity index (χ0n) is 30.0. The van der Waals surface area contributed by atoms with E-state index in [2.05, 4.69) is 6.58 Å². The number of Topliss-reactive ketones (excluding diaryl/α,β-unsaturated/α-hetero) is 1. The molecule has 0 aromatic rings. The molecule has 0 saturated heterocycles. The molecule has 0 amide bonds. The van der Waals surface area contributed by atoms with Crippen molar-refractivity contribution in [3.63, 3.8) is 0 Å². The Kier molecular flexibility index (Phi) is 27.6. The highest BCUT2D eigenvalue weighted by molar-refractivity contribution is 6.66. The molecule has 0 aromatic carbocycles. The molecule has 2 atom stereocenters. The highest BCUT2D eigenvalue weighted by atomic mass is 28.4. The van der Waals surface area contributed by atoms with E-state index in [9.17, 15) is 36.2 Å². The van der Waals surface area contributed by atoms with Crippen LogP contribution in [0.5, 0.6) is 0 Å². The molecule has 0 fully saturated rings. The van der Waals surface area contributed by atoms with Crippen molar-refractivity contribution in [2.24, 2.45) is 0 Å². The Balaban J connectivity index is -0.000000285. The van der Waals surface area contributed by atoms with Crippen LogP contribution in [0.15, 0.2) is 36.2 Å². The lowest BCUT2D eigenvalue weighted by molar-refractivity contribution is -0.253. The smallest absolute Gasteiger partial charge is 0.400 e. The van der Waals surface area contributed by atoms with E-state index in [0.717, 1.165) is 20.1 Å². The quantitative estimate of drug-likeness (QED) is 0.149. The fourth-order valence-corrected chi connectivity index (χ4v) is 7.55. The van der Waals surface area contributed by atoms with Gasteiger partial charge in [-0.15, -0.1) is 6.58 Å². The van der Waals surface area contributed by atoms with Crippen LogP contribution in [0.3, 0.4) is 0 Å². The number of carbonyl (C=O) groups excluding carboxylic acids is 1. The molecule has 1 rings (SSSR count). The SMILES string of the molecule is C=CC[Si](OC)(OC)OC.CC(C)=O.CO.CO[Si](/C=C\CC(C)(O)C(F)(F)F)(OC)OC.CO[Si]1(OC)C=CCC(C)(C(F)(F)F)O1. The van der Waals surface area contributed by atoms with E-state index < -0.39 is 56.4 Å². The number of hydrogen-bond acceptors (Lipinski definition) is 12. The molecule has 12 nitrogen and oxygen atoms in total. The maximum Gasteiger partial charge on any atom is 0.529 e. The second-order valence-electron chi connectivity index (χ2n) is 9.74. The van der Waals surface area contributed by atoms with E-state index in [1.165, 1.54) is 66.9 Å². The Morgan fingerprint density at radius 1 is 0.917 bits per heavy atom. The fraction of sp³-hybridized carbons (Fsp3) is 0.741. The molecule has 1 heterocycles. The first kappa shape index (κ1) is 53.5. The third-order valence-electron chi connectivity index (χ3n) is 5.99. The first-order valence-electron chi connectivity index (χ1n) is 13.8. The second-order valence-corrected chi connectivity index (χ2v) is 18.1. The van der Waals surface area contributed by atoms with Gasteiger partial charge in [-0.05, 0) is 39.1 Å². The van der Waals surface area contributed by atoms with Crippen molar-refractivity contribution < 1.29 is 81.2 Å².